The van der Waals surface area contributed by atoms with Gasteiger partial charge in [-0.3, -0.25) is 4.79 Å². The van der Waals surface area contributed by atoms with Gasteiger partial charge in [-0.05, 0) is 37.3 Å². The van der Waals surface area contributed by atoms with Crippen LogP contribution in [0.15, 0.2) is 54.7 Å². The van der Waals surface area contributed by atoms with Crippen LogP contribution >= 0.6 is 0 Å². The first-order valence-electron chi connectivity index (χ1n) is 8.29. The second-order valence-corrected chi connectivity index (χ2v) is 5.72. The molecule has 0 spiro atoms. The number of ether oxygens (including phenoxy) is 2. The number of nitrogens with zero attached hydrogens (tertiary/aromatic N) is 2. The highest BCUT2D eigenvalue weighted by molar-refractivity contribution is 5.95. The molecule has 0 atom stereocenters. The smallest absolute Gasteiger partial charge is 0.229 e. The lowest BCUT2D eigenvalue weighted by Gasteiger charge is -2.11. The number of carbonyl (C=O) groups excluding carboxylic acids is 1. The summed E-state index contributed by atoms with van der Waals surface area (Å²) in [5, 5.41) is 6.31. The van der Waals surface area contributed by atoms with E-state index in [4.69, 9.17) is 9.47 Å². The molecule has 0 aliphatic carbocycles. The third kappa shape index (κ3) is 4.52. The number of rotatable bonds is 7. The predicted octanol–water partition coefficient (Wildman–Crippen LogP) is 4.18. The Morgan fingerprint density at radius 1 is 0.926 bits per heavy atom. The number of hydrogen-bond donors (Lipinski definition) is 2. The van der Waals surface area contributed by atoms with Gasteiger partial charge in [-0.15, -0.1) is 0 Å². The van der Waals surface area contributed by atoms with E-state index in [1.807, 2.05) is 18.2 Å². The van der Waals surface area contributed by atoms with Crippen LogP contribution in [0.2, 0.25) is 0 Å². The van der Waals surface area contributed by atoms with Crippen LogP contribution in [0.25, 0.3) is 0 Å². The molecule has 0 fully saturated rings. The van der Waals surface area contributed by atoms with Gasteiger partial charge >= 0.3 is 0 Å². The van der Waals surface area contributed by atoms with E-state index in [9.17, 15) is 4.79 Å². The van der Waals surface area contributed by atoms with Crippen LogP contribution in [-0.4, -0.2) is 30.0 Å². The van der Waals surface area contributed by atoms with Crippen molar-refractivity contribution < 1.29 is 14.3 Å². The van der Waals surface area contributed by atoms with E-state index in [-0.39, 0.29) is 5.78 Å². The molecule has 7 nitrogen and oxygen atoms in total. The fourth-order valence-corrected chi connectivity index (χ4v) is 2.50. The van der Waals surface area contributed by atoms with Gasteiger partial charge < -0.3 is 20.1 Å². The van der Waals surface area contributed by atoms with Crippen molar-refractivity contribution in [3.05, 3.63) is 60.3 Å². The van der Waals surface area contributed by atoms with Crippen molar-refractivity contribution in [3.63, 3.8) is 0 Å². The molecule has 0 radical (unpaired) electrons. The SMILES string of the molecule is COc1ccc(Nc2nccc(Nc3cccc(C(C)=O)c3)n2)cc1OC. The maximum Gasteiger partial charge on any atom is 0.229 e. The molecular formula is C20H20N4O3. The van der Waals surface area contributed by atoms with Gasteiger partial charge in [-0.2, -0.15) is 4.98 Å². The Kier molecular flexibility index (Phi) is 5.51. The lowest BCUT2D eigenvalue weighted by Crippen LogP contribution is -2.01. The number of hydrogen-bond acceptors (Lipinski definition) is 7. The van der Waals surface area contributed by atoms with Crippen LogP contribution in [0.3, 0.4) is 0 Å². The molecule has 7 heteroatoms. The number of aromatic nitrogens is 2. The molecule has 0 aliphatic heterocycles. The number of anilines is 4. The number of carbonyl (C=O) groups is 1. The standard InChI is InChI=1S/C20H20N4O3/c1-13(25)14-5-4-6-15(11-14)22-19-9-10-21-20(24-19)23-16-7-8-17(26-2)18(12-16)27-3/h4-12H,1-3H3,(H2,21,22,23,24). The Morgan fingerprint density at radius 3 is 2.44 bits per heavy atom. The summed E-state index contributed by atoms with van der Waals surface area (Å²) in [5.74, 6) is 2.29. The molecule has 0 unspecified atom stereocenters. The summed E-state index contributed by atoms with van der Waals surface area (Å²) in [6.45, 7) is 1.54. The summed E-state index contributed by atoms with van der Waals surface area (Å²) in [6, 6.07) is 14.5. The molecule has 1 heterocycles. The van der Waals surface area contributed by atoms with Crippen LogP contribution in [0.4, 0.5) is 23.1 Å². The van der Waals surface area contributed by atoms with E-state index >= 15 is 0 Å². The first-order chi connectivity index (χ1) is 13.1. The molecule has 0 amide bonds. The highest BCUT2D eigenvalue weighted by Gasteiger charge is 2.07. The maximum absolute atomic E-state index is 11.5. The van der Waals surface area contributed by atoms with Crippen LogP contribution < -0.4 is 20.1 Å². The fourth-order valence-electron chi connectivity index (χ4n) is 2.50. The molecule has 27 heavy (non-hydrogen) atoms. The van der Waals surface area contributed by atoms with Crippen molar-refractivity contribution in [2.24, 2.45) is 0 Å². The zero-order valence-corrected chi connectivity index (χ0v) is 15.3. The number of ketones is 1. The van der Waals surface area contributed by atoms with Gasteiger partial charge in [-0.1, -0.05) is 12.1 Å². The van der Waals surface area contributed by atoms with Gasteiger partial charge in [0.15, 0.2) is 17.3 Å². The Hall–Kier alpha value is -3.61. The summed E-state index contributed by atoms with van der Waals surface area (Å²) < 4.78 is 10.5. The first-order valence-corrected chi connectivity index (χ1v) is 8.29. The van der Waals surface area contributed by atoms with Crippen LogP contribution in [0.1, 0.15) is 17.3 Å². The second-order valence-electron chi connectivity index (χ2n) is 5.72. The van der Waals surface area contributed by atoms with Gasteiger partial charge in [0.05, 0.1) is 14.2 Å². The zero-order chi connectivity index (χ0) is 19.2. The number of nitrogens with one attached hydrogen (secondary N) is 2. The second kappa shape index (κ2) is 8.18. The molecule has 0 saturated heterocycles. The largest absolute Gasteiger partial charge is 0.493 e. The third-order valence-electron chi connectivity index (χ3n) is 3.84. The minimum absolute atomic E-state index is 0.0112. The van der Waals surface area contributed by atoms with Crippen molar-refractivity contribution in [2.45, 2.75) is 6.92 Å². The average Bonchev–Trinajstić information content (AvgIpc) is 2.68. The van der Waals surface area contributed by atoms with Crippen molar-refractivity contribution in [3.8, 4) is 11.5 Å². The van der Waals surface area contributed by atoms with Crippen LogP contribution in [0, 0.1) is 0 Å². The molecule has 0 saturated carbocycles. The Bertz CT molecular complexity index is 959. The molecule has 138 valence electrons. The molecule has 1 aromatic heterocycles. The Labute approximate surface area is 157 Å². The normalized spacial score (nSPS) is 10.2. The van der Waals surface area contributed by atoms with E-state index in [1.165, 1.54) is 6.92 Å². The topological polar surface area (TPSA) is 85.4 Å². The summed E-state index contributed by atoms with van der Waals surface area (Å²) in [5.41, 5.74) is 2.18. The summed E-state index contributed by atoms with van der Waals surface area (Å²) in [4.78, 5) is 20.2. The molecular weight excluding hydrogens is 344 g/mol. The summed E-state index contributed by atoms with van der Waals surface area (Å²) >= 11 is 0. The van der Waals surface area contributed by atoms with Crippen LogP contribution in [-0.2, 0) is 0 Å². The van der Waals surface area contributed by atoms with Gasteiger partial charge in [0.25, 0.3) is 0 Å². The summed E-state index contributed by atoms with van der Waals surface area (Å²) in [6.07, 6.45) is 1.65. The average molecular weight is 364 g/mol. The van der Waals surface area contributed by atoms with Gasteiger partial charge in [0.2, 0.25) is 5.95 Å². The molecule has 3 aromatic rings. The fraction of sp³-hybridized carbons (Fsp3) is 0.150. The molecule has 0 aliphatic rings. The first kappa shape index (κ1) is 18.2. The van der Waals surface area contributed by atoms with E-state index in [1.54, 1.807) is 50.7 Å². The Morgan fingerprint density at radius 2 is 1.70 bits per heavy atom. The highest BCUT2D eigenvalue weighted by Crippen LogP contribution is 2.30. The highest BCUT2D eigenvalue weighted by atomic mass is 16.5. The van der Waals surface area contributed by atoms with E-state index in [2.05, 4.69) is 20.6 Å². The molecule has 2 aromatic carbocycles. The third-order valence-corrected chi connectivity index (χ3v) is 3.84. The molecule has 3 rings (SSSR count). The van der Waals surface area contributed by atoms with Crippen molar-refractivity contribution in [1.29, 1.82) is 0 Å². The number of methoxy groups -OCH3 is 2. The number of Topliss-reactive ketones (excluding diaryl/α,β-unsaturated/α-hetero) is 1. The van der Waals surface area contributed by atoms with Gasteiger partial charge in [0, 0.05) is 29.2 Å². The Balaban J connectivity index is 1.78. The van der Waals surface area contributed by atoms with E-state index in [0.29, 0.717) is 28.8 Å². The molecule has 2 N–H and O–H groups in total. The van der Waals surface area contributed by atoms with Crippen molar-refractivity contribution in [2.75, 3.05) is 24.9 Å². The predicted molar refractivity (Wildman–Crippen MR) is 105 cm³/mol. The quantitative estimate of drug-likeness (QED) is 0.608. The lowest BCUT2D eigenvalue weighted by molar-refractivity contribution is 0.101. The van der Waals surface area contributed by atoms with E-state index < -0.39 is 0 Å². The monoisotopic (exact) mass is 364 g/mol. The van der Waals surface area contributed by atoms with Crippen molar-refractivity contribution in [1.82, 2.24) is 9.97 Å². The van der Waals surface area contributed by atoms with Crippen molar-refractivity contribution >= 4 is 28.9 Å². The van der Waals surface area contributed by atoms with Crippen LogP contribution in [0.5, 0.6) is 11.5 Å². The summed E-state index contributed by atoms with van der Waals surface area (Å²) in [7, 11) is 3.17. The maximum atomic E-state index is 11.5. The van der Waals surface area contributed by atoms with Gasteiger partial charge in [-0.25, -0.2) is 4.98 Å². The van der Waals surface area contributed by atoms with Gasteiger partial charge in [0.1, 0.15) is 5.82 Å². The lowest BCUT2D eigenvalue weighted by atomic mass is 10.1. The number of benzene rings is 2. The van der Waals surface area contributed by atoms with E-state index in [0.717, 1.165) is 11.4 Å². The minimum Gasteiger partial charge on any atom is -0.493 e. The minimum atomic E-state index is 0.0112. The molecule has 0 bridgehead atoms. The zero-order valence-electron chi connectivity index (χ0n) is 15.3.